The van der Waals surface area contributed by atoms with Gasteiger partial charge in [0.1, 0.15) is 0 Å². The predicted molar refractivity (Wildman–Crippen MR) is 87.1 cm³/mol. The molecule has 0 fully saturated rings. The monoisotopic (exact) mass is 335 g/mol. The molecule has 0 aliphatic carbocycles. The largest absolute Gasteiger partial charge is 0.319 e. The first-order valence-electron chi connectivity index (χ1n) is 7.05. The van der Waals surface area contributed by atoms with Gasteiger partial charge in [-0.2, -0.15) is 5.10 Å². The van der Waals surface area contributed by atoms with Crippen molar-refractivity contribution in [2.45, 2.75) is 32.2 Å². The van der Waals surface area contributed by atoms with E-state index in [0.717, 1.165) is 18.7 Å². The van der Waals surface area contributed by atoms with Gasteiger partial charge in [-0.3, -0.25) is 4.68 Å². The number of hydrogen-bond acceptors (Lipinski definition) is 2. The third-order valence-corrected chi connectivity index (χ3v) is 4.17. The van der Waals surface area contributed by atoms with Crippen LogP contribution in [0.5, 0.6) is 0 Å². The van der Waals surface area contributed by atoms with E-state index in [0.29, 0.717) is 12.0 Å². The Bertz CT molecular complexity index is 548. The van der Waals surface area contributed by atoms with E-state index in [4.69, 9.17) is 0 Å². The van der Waals surface area contributed by atoms with Crippen LogP contribution in [0.1, 0.15) is 37.1 Å². The summed E-state index contributed by atoms with van der Waals surface area (Å²) in [6.07, 6.45) is 3.01. The van der Waals surface area contributed by atoms with E-state index in [-0.39, 0.29) is 0 Å². The van der Waals surface area contributed by atoms with Crippen molar-refractivity contribution in [3.05, 3.63) is 52.3 Å². The molecule has 0 aliphatic rings. The Hall–Kier alpha value is -1.13. The Labute approximate surface area is 129 Å². The van der Waals surface area contributed by atoms with E-state index < -0.39 is 0 Å². The lowest BCUT2D eigenvalue weighted by molar-refractivity contribution is 0.519. The van der Waals surface area contributed by atoms with Crippen LogP contribution >= 0.6 is 15.9 Å². The van der Waals surface area contributed by atoms with Crippen LogP contribution in [-0.2, 0) is 6.42 Å². The van der Waals surface area contributed by atoms with Gasteiger partial charge in [0, 0.05) is 29.2 Å². The molecular formula is C16H22BrN3. The number of likely N-dealkylation sites (N-methyl/N-ethyl adjacent to an activating group) is 1. The van der Waals surface area contributed by atoms with Crippen molar-refractivity contribution in [3.63, 3.8) is 0 Å². The predicted octanol–water partition coefficient (Wildman–Crippen LogP) is 3.77. The molecule has 108 valence electrons. The minimum Gasteiger partial charge on any atom is -0.319 e. The SMILES string of the molecule is CNCC(Cc1ccn(C(C)C)n1)c1ccccc1Br. The Balaban J connectivity index is 2.19. The van der Waals surface area contributed by atoms with Gasteiger partial charge in [0.05, 0.1) is 5.69 Å². The molecule has 2 aromatic rings. The van der Waals surface area contributed by atoms with Crippen molar-refractivity contribution >= 4 is 15.9 Å². The fourth-order valence-corrected chi connectivity index (χ4v) is 2.98. The van der Waals surface area contributed by atoms with E-state index in [1.165, 1.54) is 10.0 Å². The summed E-state index contributed by atoms with van der Waals surface area (Å²) in [5.41, 5.74) is 2.48. The lowest BCUT2D eigenvalue weighted by Gasteiger charge is -2.17. The summed E-state index contributed by atoms with van der Waals surface area (Å²) in [6.45, 7) is 5.24. The molecule has 0 bridgehead atoms. The maximum atomic E-state index is 4.66. The number of aromatic nitrogens is 2. The van der Waals surface area contributed by atoms with Crippen molar-refractivity contribution in [2.75, 3.05) is 13.6 Å². The average molecular weight is 336 g/mol. The first kappa shape index (κ1) is 15.3. The number of halogens is 1. The van der Waals surface area contributed by atoms with E-state index >= 15 is 0 Å². The molecule has 1 atom stereocenters. The normalized spacial score (nSPS) is 12.8. The molecule has 3 nitrogen and oxygen atoms in total. The topological polar surface area (TPSA) is 29.9 Å². The molecule has 4 heteroatoms. The van der Waals surface area contributed by atoms with Crippen LogP contribution in [0.25, 0.3) is 0 Å². The third kappa shape index (κ3) is 3.70. The molecular weight excluding hydrogens is 314 g/mol. The first-order chi connectivity index (χ1) is 9.61. The maximum absolute atomic E-state index is 4.66. The molecule has 0 saturated heterocycles. The van der Waals surface area contributed by atoms with Crippen LogP contribution in [0.2, 0.25) is 0 Å². The highest BCUT2D eigenvalue weighted by Crippen LogP contribution is 2.27. The molecule has 0 spiro atoms. The molecule has 1 N–H and O–H groups in total. The van der Waals surface area contributed by atoms with Crippen LogP contribution < -0.4 is 5.32 Å². The van der Waals surface area contributed by atoms with E-state index in [9.17, 15) is 0 Å². The van der Waals surface area contributed by atoms with E-state index in [1.54, 1.807) is 0 Å². The molecule has 1 heterocycles. The number of nitrogens with zero attached hydrogens (tertiary/aromatic N) is 2. The van der Waals surface area contributed by atoms with E-state index in [1.807, 2.05) is 11.7 Å². The van der Waals surface area contributed by atoms with Crippen LogP contribution in [0.15, 0.2) is 41.0 Å². The Kier molecular flexibility index (Phi) is 5.38. The Morgan fingerprint density at radius 3 is 2.60 bits per heavy atom. The van der Waals surface area contributed by atoms with Crippen molar-refractivity contribution < 1.29 is 0 Å². The van der Waals surface area contributed by atoms with Gasteiger partial charge in [-0.15, -0.1) is 0 Å². The number of hydrogen-bond donors (Lipinski definition) is 1. The minimum absolute atomic E-state index is 0.412. The van der Waals surface area contributed by atoms with Gasteiger partial charge in [0.25, 0.3) is 0 Å². The highest BCUT2D eigenvalue weighted by Gasteiger charge is 2.16. The minimum atomic E-state index is 0.412. The van der Waals surface area contributed by atoms with Gasteiger partial charge < -0.3 is 5.32 Å². The summed E-state index contributed by atoms with van der Waals surface area (Å²) in [5.74, 6) is 0.422. The van der Waals surface area contributed by atoms with Gasteiger partial charge in [-0.25, -0.2) is 0 Å². The third-order valence-electron chi connectivity index (χ3n) is 3.44. The van der Waals surface area contributed by atoms with Gasteiger partial charge in [0.2, 0.25) is 0 Å². The summed E-state index contributed by atoms with van der Waals surface area (Å²) in [6, 6.07) is 11.0. The highest BCUT2D eigenvalue weighted by molar-refractivity contribution is 9.10. The number of rotatable bonds is 6. The molecule has 1 aromatic carbocycles. The zero-order valence-electron chi connectivity index (χ0n) is 12.3. The first-order valence-corrected chi connectivity index (χ1v) is 7.84. The van der Waals surface area contributed by atoms with Crippen molar-refractivity contribution in [3.8, 4) is 0 Å². The van der Waals surface area contributed by atoms with Crippen LogP contribution in [-0.4, -0.2) is 23.4 Å². The number of benzene rings is 1. The van der Waals surface area contributed by atoms with Crippen molar-refractivity contribution in [1.82, 2.24) is 15.1 Å². The summed E-state index contributed by atoms with van der Waals surface area (Å²) in [7, 11) is 2.00. The van der Waals surface area contributed by atoms with Crippen LogP contribution in [0.3, 0.4) is 0 Å². The zero-order valence-corrected chi connectivity index (χ0v) is 13.9. The summed E-state index contributed by atoms with van der Waals surface area (Å²) < 4.78 is 3.19. The lowest BCUT2D eigenvalue weighted by atomic mass is 9.94. The standard InChI is InChI=1S/C16H22BrN3/c1-12(2)20-9-8-14(19-20)10-13(11-18-3)15-6-4-5-7-16(15)17/h4-9,12-13,18H,10-11H2,1-3H3. The van der Waals surface area contributed by atoms with Gasteiger partial charge >= 0.3 is 0 Å². The molecule has 20 heavy (non-hydrogen) atoms. The Morgan fingerprint density at radius 1 is 1.25 bits per heavy atom. The quantitative estimate of drug-likeness (QED) is 0.870. The van der Waals surface area contributed by atoms with Crippen molar-refractivity contribution in [1.29, 1.82) is 0 Å². The second kappa shape index (κ2) is 7.04. The zero-order chi connectivity index (χ0) is 14.5. The van der Waals surface area contributed by atoms with Crippen molar-refractivity contribution in [2.24, 2.45) is 0 Å². The van der Waals surface area contributed by atoms with Crippen LogP contribution in [0, 0.1) is 0 Å². The molecule has 0 saturated carbocycles. The van der Waals surface area contributed by atoms with Gasteiger partial charge in [-0.05, 0) is 45.0 Å². The molecule has 0 aliphatic heterocycles. The molecule has 1 unspecified atom stereocenters. The van der Waals surface area contributed by atoms with Gasteiger partial charge in [-0.1, -0.05) is 34.1 Å². The highest BCUT2D eigenvalue weighted by atomic mass is 79.9. The van der Waals surface area contributed by atoms with Crippen LogP contribution in [0.4, 0.5) is 0 Å². The lowest BCUT2D eigenvalue weighted by Crippen LogP contribution is -2.20. The fraction of sp³-hybridized carbons (Fsp3) is 0.438. The molecule has 2 rings (SSSR count). The maximum Gasteiger partial charge on any atom is 0.0631 e. The second-order valence-corrected chi connectivity index (χ2v) is 6.22. The Morgan fingerprint density at radius 2 is 2.00 bits per heavy atom. The van der Waals surface area contributed by atoms with Gasteiger partial charge in [0.15, 0.2) is 0 Å². The fourth-order valence-electron chi connectivity index (χ4n) is 2.37. The molecule has 0 amide bonds. The summed E-state index contributed by atoms with van der Waals surface area (Å²) in [5, 5.41) is 7.95. The molecule has 1 aromatic heterocycles. The molecule has 0 radical (unpaired) electrons. The summed E-state index contributed by atoms with van der Waals surface area (Å²) in [4.78, 5) is 0. The van der Waals surface area contributed by atoms with E-state index in [2.05, 4.69) is 76.7 Å². The average Bonchev–Trinajstić information content (AvgIpc) is 2.88. The number of nitrogens with one attached hydrogen (secondary N) is 1. The summed E-state index contributed by atoms with van der Waals surface area (Å²) >= 11 is 3.66. The second-order valence-electron chi connectivity index (χ2n) is 5.36. The smallest absolute Gasteiger partial charge is 0.0631 e.